The van der Waals surface area contributed by atoms with Crippen LogP contribution >= 0.6 is 0 Å². The van der Waals surface area contributed by atoms with E-state index in [0.29, 0.717) is 13.1 Å². The highest BCUT2D eigenvalue weighted by atomic mass is 32.2. The molecule has 3 rings (SSSR count). The molecule has 0 aliphatic carbocycles. The molecule has 1 aromatic carbocycles. The molecule has 0 bridgehead atoms. The van der Waals surface area contributed by atoms with Crippen molar-refractivity contribution in [2.45, 2.75) is 24.2 Å². The molecule has 1 fully saturated rings. The number of H-pyrrole nitrogens is 2. The monoisotopic (exact) mass is 361 g/mol. The van der Waals surface area contributed by atoms with Gasteiger partial charge in [-0.2, -0.15) is 4.31 Å². The lowest BCUT2D eigenvalue weighted by Gasteiger charge is -2.25. The second kappa shape index (κ2) is 7.20. The quantitative estimate of drug-likeness (QED) is 0.859. The van der Waals surface area contributed by atoms with E-state index in [9.17, 15) is 18.0 Å². The number of piperidine rings is 1. The van der Waals surface area contributed by atoms with Crippen LogP contribution in [0.15, 0.2) is 44.8 Å². The fourth-order valence-electron chi connectivity index (χ4n) is 2.84. The van der Waals surface area contributed by atoms with E-state index in [0.717, 1.165) is 24.8 Å². The van der Waals surface area contributed by atoms with Gasteiger partial charge in [0, 0.05) is 13.1 Å². The lowest BCUT2D eigenvalue weighted by atomic mass is 10.2. The normalized spacial score (nSPS) is 16.3. The Balaban J connectivity index is 2.08. The number of nitrogens with zero attached hydrogens (tertiary/aromatic N) is 1. The zero-order valence-corrected chi connectivity index (χ0v) is 14.4. The van der Waals surface area contributed by atoms with Gasteiger partial charge in [-0.15, -0.1) is 0 Å². The summed E-state index contributed by atoms with van der Waals surface area (Å²) in [6.07, 6.45) is 5.59. The molecule has 0 atom stereocenters. The largest absolute Gasteiger partial charge is 0.326 e. The molecule has 1 aliphatic rings. The first-order valence-electron chi connectivity index (χ1n) is 8.08. The van der Waals surface area contributed by atoms with Crippen molar-refractivity contribution in [3.63, 3.8) is 0 Å². The van der Waals surface area contributed by atoms with Crippen LogP contribution < -0.4 is 11.2 Å². The Morgan fingerprint density at radius 1 is 0.920 bits per heavy atom. The molecular formula is C17H19N3O4S. The minimum atomic E-state index is -3.98. The van der Waals surface area contributed by atoms with Crippen molar-refractivity contribution in [3.8, 4) is 0 Å². The van der Waals surface area contributed by atoms with E-state index in [1.807, 2.05) is 35.3 Å². The van der Waals surface area contributed by atoms with Gasteiger partial charge in [-0.25, -0.2) is 13.2 Å². The van der Waals surface area contributed by atoms with Gasteiger partial charge in [-0.05, 0) is 24.5 Å². The van der Waals surface area contributed by atoms with Gasteiger partial charge in [-0.3, -0.25) is 9.78 Å². The van der Waals surface area contributed by atoms with Crippen LogP contribution in [-0.2, 0) is 10.0 Å². The maximum absolute atomic E-state index is 12.9. The number of hydrogen-bond acceptors (Lipinski definition) is 4. The zero-order valence-electron chi connectivity index (χ0n) is 13.6. The standard InChI is InChI=1S/C17H19N3O4S/c21-16-15(25(23,24)20-11-5-2-6-12-20)14(18-17(22)19-16)10-9-13-7-3-1-4-8-13/h1,3-4,7-10H,2,5-6,11-12H2,(H2,18,19,21,22)/b10-9+. The lowest BCUT2D eigenvalue weighted by Crippen LogP contribution is -2.40. The molecule has 0 unspecified atom stereocenters. The molecule has 1 aromatic heterocycles. The smallest absolute Gasteiger partial charge is 0.306 e. The summed E-state index contributed by atoms with van der Waals surface area (Å²) in [5.74, 6) is 0. The highest BCUT2D eigenvalue weighted by Crippen LogP contribution is 2.20. The summed E-state index contributed by atoms with van der Waals surface area (Å²) in [4.78, 5) is 27.9. The van der Waals surface area contributed by atoms with E-state index >= 15 is 0 Å². The highest BCUT2D eigenvalue weighted by molar-refractivity contribution is 7.89. The highest BCUT2D eigenvalue weighted by Gasteiger charge is 2.31. The van der Waals surface area contributed by atoms with Crippen LogP contribution in [0.3, 0.4) is 0 Å². The summed E-state index contributed by atoms with van der Waals surface area (Å²) in [7, 11) is -3.98. The fourth-order valence-corrected chi connectivity index (χ4v) is 4.52. The predicted molar refractivity (Wildman–Crippen MR) is 95.7 cm³/mol. The molecule has 0 spiro atoms. The van der Waals surface area contributed by atoms with Crippen molar-refractivity contribution in [3.05, 3.63) is 62.4 Å². The summed E-state index contributed by atoms with van der Waals surface area (Å²) in [6.45, 7) is 0.755. The fraction of sp³-hybridized carbons (Fsp3) is 0.294. The molecule has 2 N–H and O–H groups in total. The molecular weight excluding hydrogens is 342 g/mol. The van der Waals surface area contributed by atoms with E-state index in [2.05, 4.69) is 4.98 Å². The van der Waals surface area contributed by atoms with Gasteiger partial charge in [0.2, 0.25) is 0 Å². The average molecular weight is 361 g/mol. The first-order valence-corrected chi connectivity index (χ1v) is 9.52. The van der Waals surface area contributed by atoms with Crippen LogP contribution in [0.25, 0.3) is 12.2 Å². The van der Waals surface area contributed by atoms with Gasteiger partial charge in [0.25, 0.3) is 15.6 Å². The second-order valence-corrected chi connectivity index (χ2v) is 7.73. The lowest BCUT2D eigenvalue weighted by molar-refractivity contribution is 0.346. The van der Waals surface area contributed by atoms with Gasteiger partial charge in [0.15, 0.2) is 4.90 Å². The summed E-state index contributed by atoms with van der Waals surface area (Å²) in [5.41, 5.74) is -0.828. The Labute approximate surface area is 145 Å². The number of benzene rings is 1. The Morgan fingerprint density at radius 3 is 2.28 bits per heavy atom. The number of aromatic amines is 2. The Morgan fingerprint density at radius 2 is 1.60 bits per heavy atom. The van der Waals surface area contributed by atoms with Gasteiger partial charge in [0.1, 0.15) is 0 Å². The van der Waals surface area contributed by atoms with Crippen LogP contribution in [0, 0.1) is 0 Å². The first kappa shape index (κ1) is 17.4. The van der Waals surface area contributed by atoms with Crippen molar-refractivity contribution in [2.75, 3.05) is 13.1 Å². The first-order chi connectivity index (χ1) is 12.0. The number of nitrogens with one attached hydrogen (secondary N) is 2. The Bertz CT molecular complexity index is 985. The summed E-state index contributed by atoms with van der Waals surface area (Å²) >= 11 is 0. The number of hydrogen-bond donors (Lipinski definition) is 2. The summed E-state index contributed by atoms with van der Waals surface area (Å²) in [5, 5.41) is 0. The SMILES string of the molecule is O=c1[nH]c(/C=C/c2ccccc2)c(S(=O)(=O)N2CCCCC2)c(=O)[nH]1. The van der Waals surface area contributed by atoms with E-state index in [1.54, 1.807) is 6.08 Å². The maximum atomic E-state index is 12.9. The molecule has 1 saturated heterocycles. The van der Waals surface area contributed by atoms with Crippen LogP contribution in [0.2, 0.25) is 0 Å². The molecule has 1 aliphatic heterocycles. The van der Waals surface area contributed by atoms with E-state index in [1.165, 1.54) is 10.4 Å². The molecule has 7 nitrogen and oxygen atoms in total. The van der Waals surface area contributed by atoms with Crippen molar-refractivity contribution < 1.29 is 8.42 Å². The number of rotatable bonds is 4. The third-order valence-corrected chi connectivity index (χ3v) is 6.05. The van der Waals surface area contributed by atoms with Gasteiger partial charge < -0.3 is 4.98 Å². The van der Waals surface area contributed by atoms with Gasteiger partial charge >= 0.3 is 5.69 Å². The van der Waals surface area contributed by atoms with Crippen LogP contribution in [0.4, 0.5) is 0 Å². The molecule has 2 heterocycles. The van der Waals surface area contributed by atoms with E-state index in [4.69, 9.17) is 0 Å². The van der Waals surface area contributed by atoms with Crippen LogP contribution in [0.1, 0.15) is 30.5 Å². The minimum absolute atomic E-state index is 0.0109. The predicted octanol–water partition coefficient (Wildman–Crippen LogP) is 1.41. The van der Waals surface area contributed by atoms with E-state index in [-0.39, 0.29) is 5.69 Å². The van der Waals surface area contributed by atoms with Gasteiger partial charge in [-0.1, -0.05) is 42.8 Å². The molecule has 25 heavy (non-hydrogen) atoms. The van der Waals surface area contributed by atoms with Crippen LogP contribution in [-0.4, -0.2) is 35.8 Å². The minimum Gasteiger partial charge on any atom is -0.306 e. The molecule has 0 saturated carbocycles. The van der Waals surface area contributed by atoms with Crippen molar-refractivity contribution in [2.24, 2.45) is 0 Å². The molecule has 0 amide bonds. The molecule has 2 aromatic rings. The third kappa shape index (κ3) is 3.80. The zero-order chi connectivity index (χ0) is 17.9. The van der Waals surface area contributed by atoms with E-state index < -0.39 is 26.2 Å². The molecule has 8 heteroatoms. The molecule has 0 radical (unpaired) electrons. The second-order valence-electron chi connectivity index (χ2n) is 5.86. The molecule has 132 valence electrons. The third-order valence-electron chi connectivity index (χ3n) is 4.08. The summed E-state index contributed by atoms with van der Waals surface area (Å²) in [6, 6.07) is 9.21. The van der Waals surface area contributed by atoms with Crippen LogP contribution in [0.5, 0.6) is 0 Å². The Kier molecular flexibility index (Phi) is 5.00. The maximum Gasteiger partial charge on any atom is 0.326 e. The van der Waals surface area contributed by atoms with Gasteiger partial charge in [0.05, 0.1) is 5.69 Å². The topological polar surface area (TPSA) is 103 Å². The van der Waals surface area contributed by atoms with Crippen molar-refractivity contribution >= 4 is 22.2 Å². The average Bonchev–Trinajstić information content (AvgIpc) is 2.61. The number of aromatic nitrogens is 2. The summed E-state index contributed by atoms with van der Waals surface area (Å²) < 4.78 is 27.1. The Hall–Kier alpha value is -2.45. The number of sulfonamides is 1. The van der Waals surface area contributed by atoms with Crippen molar-refractivity contribution in [1.29, 1.82) is 0 Å². The van der Waals surface area contributed by atoms with Crippen molar-refractivity contribution in [1.82, 2.24) is 14.3 Å².